The van der Waals surface area contributed by atoms with Crippen LogP contribution < -0.4 is 15.2 Å². The van der Waals surface area contributed by atoms with Gasteiger partial charge in [-0.05, 0) is 43.2 Å². The molecular weight excluding hydrogens is 302 g/mol. The standard InChI is InChI=1S/C16H19NO4S/c1-5-21-16(18)13-9(2)14(22-15(13)17)10-6-7-11(19-3)12(8-10)20-4/h6-8H,5,17H2,1-4H3. The first-order chi connectivity index (χ1) is 10.5. The number of anilines is 1. The van der Waals surface area contributed by atoms with Crippen LogP contribution in [0.1, 0.15) is 22.8 Å². The number of hydrogen-bond donors (Lipinski definition) is 1. The topological polar surface area (TPSA) is 70.8 Å². The van der Waals surface area contributed by atoms with E-state index in [0.717, 1.165) is 16.0 Å². The van der Waals surface area contributed by atoms with E-state index in [4.69, 9.17) is 19.9 Å². The highest BCUT2D eigenvalue weighted by Crippen LogP contribution is 2.41. The molecule has 1 heterocycles. The van der Waals surface area contributed by atoms with Crippen LogP contribution in [0, 0.1) is 6.92 Å². The number of methoxy groups -OCH3 is 2. The average molecular weight is 321 g/mol. The molecule has 0 radical (unpaired) electrons. The molecule has 2 aromatic rings. The largest absolute Gasteiger partial charge is 0.493 e. The summed E-state index contributed by atoms with van der Waals surface area (Å²) >= 11 is 1.36. The van der Waals surface area contributed by atoms with E-state index in [1.807, 2.05) is 25.1 Å². The Morgan fingerprint density at radius 2 is 1.91 bits per heavy atom. The Hall–Kier alpha value is -2.21. The first kappa shape index (κ1) is 16.2. The maximum Gasteiger partial charge on any atom is 0.341 e. The monoisotopic (exact) mass is 321 g/mol. The van der Waals surface area contributed by atoms with E-state index in [0.29, 0.717) is 28.7 Å². The molecule has 118 valence electrons. The Kier molecular flexibility index (Phi) is 4.92. The highest BCUT2D eigenvalue weighted by atomic mass is 32.1. The molecule has 0 bridgehead atoms. The normalized spacial score (nSPS) is 10.4. The van der Waals surface area contributed by atoms with Gasteiger partial charge in [-0.2, -0.15) is 0 Å². The first-order valence-electron chi connectivity index (χ1n) is 6.81. The van der Waals surface area contributed by atoms with Gasteiger partial charge in [0.25, 0.3) is 0 Å². The third kappa shape index (κ3) is 2.87. The Bertz CT molecular complexity index is 694. The fourth-order valence-corrected chi connectivity index (χ4v) is 3.30. The van der Waals surface area contributed by atoms with Crippen LogP contribution in [0.4, 0.5) is 5.00 Å². The van der Waals surface area contributed by atoms with Gasteiger partial charge < -0.3 is 19.9 Å². The molecule has 0 saturated heterocycles. The Morgan fingerprint density at radius 3 is 2.50 bits per heavy atom. The molecule has 1 aromatic heterocycles. The summed E-state index contributed by atoms with van der Waals surface area (Å²) in [5, 5.41) is 0.459. The second-order valence-electron chi connectivity index (χ2n) is 4.59. The summed E-state index contributed by atoms with van der Waals surface area (Å²) in [5.74, 6) is 0.892. The summed E-state index contributed by atoms with van der Waals surface area (Å²) in [6, 6.07) is 5.61. The van der Waals surface area contributed by atoms with Gasteiger partial charge in [0.05, 0.1) is 26.4 Å². The van der Waals surface area contributed by atoms with E-state index in [1.54, 1.807) is 21.1 Å². The number of nitrogens with two attached hydrogens (primary N) is 1. The van der Waals surface area contributed by atoms with Gasteiger partial charge in [-0.3, -0.25) is 0 Å². The number of esters is 1. The molecule has 5 nitrogen and oxygen atoms in total. The van der Waals surface area contributed by atoms with Crippen LogP contribution in [0.3, 0.4) is 0 Å². The van der Waals surface area contributed by atoms with Crippen molar-refractivity contribution in [1.82, 2.24) is 0 Å². The Balaban J connectivity index is 2.50. The highest BCUT2D eigenvalue weighted by Gasteiger charge is 2.22. The lowest BCUT2D eigenvalue weighted by atomic mass is 10.1. The quantitative estimate of drug-likeness (QED) is 0.853. The summed E-state index contributed by atoms with van der Waals surface area (Å²) in [5.41, 5.74) is 8.17. The van der Waals surface area contributed by atoms with Crippen LogP contribution in [0.2, 0.25) is 0 Å². The summed E-state index contributed by atoms with van der Waals surface area (Å²) in [7, 11) is 3.17. The van der Waals surface area contributed by atoms with Crippen molar-refractivity contribution in [3.05, 3.63) is 29.3 Å². The predicted molar refractivity (Wildman–Crippen MR) is 88.0 cm³/mol. The lowest BCUT2D eigenvalue weighted by molar-refractivity contribution is 0.0527. The molecule has 0 aliphatic heterocycles. The van der Waals surface area contributed by atoms with Crippen molar-refractivity contribution in [2.45, 2.75) is 13.8 Å². The van der Waals surface area contributed by atoms with Crippen molar-refractivity contribution < 1.29 is 19.0 Å². The second kappa shape index (κ2) is 6.70. The maximum absolute atomic E-state index is 12.0. The lowest BCUT2D eigenvalue weighted by Crippen LogP contribution is -2.07. The van der Waals surface area contributed by atoms with Crippen LogP contribution >= 0.6 is 11.3 Å². The molecule has 0 atom stereocenters. The molecule has 0 aliphatic rings. The molecular formula is C16H19NO4S. The van der Waals surface area contributed by atoms with E-state index in [9.17, 15) is 4.79 Å². The van der Waals surface area contributed by atoms with Gasteiger partial charge in [-0.15, -0.1) is 11.3 Å². The van der Waals surface area contributed by atoms with Crippen molar-refractivity contribution in [2.24, 2.45) is 0 Å². The minimum absolute atomic E-state index is 0.319. The number of thiophene rings is 1. The molecule has 0 aliphatic carbocycles. The fourth-order valence-electron chi connectivity index (χ4n) is 2.25. The van der Waals surface area contributed by atoms with Gasteiger partial charge >= 0.3 is 5.97 Å². The third-order valence-electron chi connectivity index (χ3n) is 3.30. The minimum Gasteiger partial charge on any atom is -0.493 e. The summed E-state index contributed by atoms with van der Waals surface area (Å²) < 4.78 is 15.6. The summed E-state index contributed by atoms with van der Waals surface area (Å²) in [4.78, 5) is 12.9. The van der Waals surface area contributed by atoms with Crippen LogP contribution in [0.15, 0.2) is 18.2 Å². The van der Waals surface area contributed by atoms with Crippen molar-refractivity contribution in [2.75, 3.05) is 26.6 Å². The zero-order valence-corrected chi connectivity index (χ0v) is 13.9. The number of benzene rings is 1. The molecule has 22 heavy (non-hydrogen) atoms. The third-order valence-corrected chi connectivity index (χ3v) is 4.47. The van der Waals surface area contributed by atoms with Crippen molar-refractivity contribution in [1.29, 1.82) is 0 Å². The van der Waals surface area contributed by atoms with Crippen LogP contribution in [0.25, 0.3) is 10.4 Å². The van der Waals surface area contributed by atoms with Gasteiger partial charge in [0.15, 0.2) is 11.5 Å². The van der Waals surface area contributed by atoms with Crippen LogP contribution in [-0.4, -0.2) is 26.8 Å². The molecule has 0 spiro atoms. The van der Waals surface area contributed by atoms with E-state index in [2.05, 4.69) is 0 Å². The summed E-state index contributed by atoms with van der Waals surface area (Å²) in [6.45, 7) is 3.95. The van der Waals surface area contributed by atoms with Crippen molar-refractivity contribution in [3.8, 4) is 21.9 Å². The van der Waals surface area contributed by atoms with Gasteiger partial charge in [-0.1, -0.05) is 0 Å². The Labute approximate surface area is 133 Å². The first-order valence-corrected chi connectivity index (χ1v) is 7.63. The molecule has 2 rings (SSSR count). The molecule has 0 amide bonds. The van der Waals surface area contributed by atoms with Crippen molar-refractivity contribution in [3.63, 3.8) is 0 Å². The number of carbonyl (C=O) groups is 1. The van der Waals surface area contributed by atoms with E-state index in [-0.39, 0.29) is 5.97 Å². The zero-order chi connectivity index (χ0) is 16.3. The van der Waals surface area contributed by atoms with Crippen molar-refractivity contribution >= 4 is 22.3 Å². The van der Waals surface area contributed by atoms with E-state index < -0.39 is 0 Å². The van der Waals surface area contributed by atoms with Gasteiger partial charge in [0.2, 0.25) is 0 Å². The SMILES string of the molecule is CCOC(=O)c1c(N)sc(-c2ccc(OC)c(OC)c2)c1C. The number of rotatable bonds is 5. The minimum atomic E-state index is -0.388. The molecule has 2 N–H and O–H groups in total. The van der Waals surface area contributed by atoms with Gasteiger partial charge in [0, 0.05) is 4.88 Å². The Morgan fingerprint density at radius 1 is 1.23 bits per heavy atom. The van der Waals surface area contributed by atoms with E-state index in [1.165, 1.54) is 11.3 Å². The van der Waals surface area contributed by atoms with Crippen LogP contribution in [-0.2, 0) is 4.74 Å². The number of hydrogen-bond acceptors (Lipinski definition) is 6. The second-order valence-corrected chi connectivity index (χ2v) is 5.64. The van der Waals surface area contributed by atoms with Crippen LogP contribution in [0.5, 0.6) is 11.5 Å². The zero-order valence-electron chi connectivity index (χ0n) is 13.1. The molecule has 0 unspecified atom stereocenters. The molecule has 0 fully saturated rings. The average Bonchev–Trinajstić information content (AvgIpc) is 2.81. The van der Waals surface area contributed by atoms with Gasteiger partial charge in [-0.25, -0.2) is 4.79 Å². The fraction of sp³-hybridized carbons (Fsp3) is 0.312. The molecule has 1 aromatic carbocycles. The smallest absolute Gasteiger partial charge is 0.341 e. The number of ether oxygens (including phenoxy) is 3. The number of nitrogen functional groups attached to an aromatic ring is 1. The highest BCUT2D eigenvalue weighted by molar-refractivity contribution is 7.19. The lowest BCUT2D eigenvalue weighted by Gasteiger charge is -2.09. The predicted octanol–water partition coefficient (Wildman–Crippen LogP) is 3.50. The van der Waals surface area contributed by atoms with Gasteiger partial charge in [0.1, 0.15) is 5.00 Å². The summed E-state index contributed by atoms with van der Waals surface area (Å²) in [6.07, 6.45) is 0. The molecule has 0 saturated carbocycles. The van der Waals surface area contributed by atoms with E-state index >= 15 is 0 Å². The molecule has 6 heteroatoms. The maximum atomic E-state index is 12.0. The number of carbonyl (C=O) groups excluding carboxylic acids is 1.